The molecule has 2 N–H and O–H groups in total. The number of likely N-dealkylation sites (tertiary alicyclic amines) is 1. The number of methoxy groups -OCH3 is 1. The van der Waals surface area contributed by atoms with Crippen molar-refractivity contribution in [1.29, 1.82) is 0 Å². The molecule has 75 heavy (non-hydrogen) atoms. The van der Waals surface area contributed by atoms with Crippen LogP contribution in [0, 0.1) is 29.1 Å². The predicted molar refractivity (Wildman–Crippen MR) is 274 cm³/mol. The lowest BCUT2D eigenvalue weighted by atomic mass is 9.84. The molecule has 4 aromatic rings. The van der Waals surface area contributed by atoms with Gasteiger partial charge in [-0.1, -0.05) is 51.8 Å². The average Bonchev–Trinajstić information content (AvgIpc) is 3.61. The number of ether oxygens (including phenoxy) is 3. The standard InChI is InChI=1S/C56H70F5N7O7/c1-34(2)44(29-75-40-27-66(28-40)47(70)16-18-54(6,7)65(8)9)51(71)63-45-23-36-21-38(24-39(22-36)50(57)58)37-14-15-46-42(25-37)43(26-53(4,5)32-74-33-55(31-69)17-12-20-68(64-55)52(45)72)49(67(46)30-56(59,60)61)41-13-11-19-62-48(41)35(3)73-10/h11,13-15,19,21-22,24-25,31,34-35,40,44-45,50,64H,12,17,20,23,26-30,32-33H2,1-10H3,(H,63,71)/t35-,44-,45-,55?/m0/s1. The van der Waals surface area contributed by atoms with Crippen LogP contribution in [0.4, 0.5) is 22.0 Å². The van der Waals surface area contributed by atoms with Crippen molar-refractivity contribution in [2.24, 2.45) is 17.3 Å². The highest BCUT2D eigenvalue weighted by Gasteiger charge is 2.42. The van der Waals surface area contributed by atoms with E-state index in [2.05, 4.69) is 27.6 Å². The lowest BCUT2D eigenvalue weighted by Gasteiger charge is -2.42. The molecule has 7 rings (SSSR count). The summed E-state index contributed by atoms with van der Waals surface area (Å²) in [5.41, 5.74) is 2.92. The minimum Gasteiger partial charge on any atom is -0.378 e. The van der Waals surface area contributed by atoms with Gasteiger partial charge >= 0.3 is 6.18 Å². The molecule has 1 unspecified atom stereocenters. The first kappa shape index (κ1) is 56.9. The molecule has 19 heteroatoms. The Morgan fingerprint density at radius 3 is 2.44 bits per heavy atom. The van der Waals surface area contributed by atoms with Gasteiger partial charge in [-0.3, -0.25) is 29.3 Å². The molecule has 0 aliphatic carbocycles. The summed E-state index contributed by atoms with van der Waals surface area (Å²) < 4.78 is 93.9. The van der Waals surface area contributed by atoms with Crippen LogP contribution in [0.3, 0.4) is 0 Å². The van der Waals surface area contributed by atoms with E-state index in [0.29, 0.717) is 46.0 Å². The summed E-state index contributed by atoms with van der Waals surface area (Å²) in [6.07, 6.45) is -5.79. The summed E-state index contributed by atoms with van der Waals surface area (Å²) >= 11 is 0. The van der Waals surface area contributed by atoms with Gasteiger partial charge < -0.3 is 33.8 Å². The van der Waals surface area contributed by atoms with E-state index >= 15 is 8.78 Å². The zero-order valence-corrected chi connectivity index (χ0v) is 44.5. The summed E-state index contributed by atoms with van der Waals surface area (Å²) in [4.78, 5) is 63.3. The molecule has 5 heterocycles. The summed E-state index contributed by atoms with van der Waals surface area (Å²) in [6, 6.07) is 11.1. The predicted octanol–water partition coefficient (Wildman–Crippen LogP) is 8.11. The molecule has 0 saturated carbocycles. The van der Waals surface area contributed by atoms with Crippen molar-refractivity contribution >= 4 is 34.9 Å². The van der Waals surface area contributed by atoms with Crippen LogP contribution < -0.4 is 10.7 Å². The van der Waals surface area contributed by atoms with Gasteiger partial charge in [0.25, 0.3) is 18.2 Å². The number of nitrogens with zero attached hydrogens (tertiary/aromatic N) is 5. The van der Waals surface area contributed by atoms with Gasteiger partial charge in [0.1, 0.15) is 24.4 Å². The van der Waals surface area contributed by atoms with Gasteiger partial charge in [-0.25, -0.2) is 14.2 Å². The molecule has 4 atom stereocenters. The molecule has 406 valence electrons. The van der Waals surface area contributed by atoms with Gasteiger partial charge in [0, 0.05) is 61.4 Å². The van der Waals surface area contributed by atoms with E-state index in [-0.39, 0.29) is 99.0 Å². The monoisotopic (exact) mass is 1050 g/mol. The molecule has 14 nitrogen and oxygen atoms in total. The lowest BCUT2D eigenvalue weighted by molar-refractivity contribution is -0.149. The van der Waals surface area contributed by atoms with E-state index < -0.39 is 65.5 Å². The fraction of sp³-hybridized carbons (Fsp3) is 0.554. The second kappa shape index (κ2) is 22.8. The SMILES string of the molecule is CO[C@@H](C)c1ncccc1-c1c2c3cc(ccc3n1CC(F)(F)F)-c1cc(cc(C(F)F)c1)C[C@H](NC(=O)[C@@H](COC1CN(C(=O)C#CC(C)(C)N(C)C)C1)C(C)C)C(=O)N1CCCC(C=O)(COCC(C)(C)C2)N1. The van der Waals surface area contributed by atoms with Crippen LogP contribution in [0.5, 0.6) is 0 Å². The molecule has 0 spiro atoms. The Balaban J connectivity index is 1.29. The maximum absolute atomic E-state index is 15.0. The fourth-order valence-corrected chi connectivity index (χ4v) is 9.80. The number of hydrazine groups is 1. The number of amides is 3. The Hall–Kier alpha value is -5.78. The van der Waals surface area contributed by atoms with Gasteiger partial charge in [-0.15, -0.1) is 0 Å². The molecular formula is C56H70F5N7O7. The Bertz CT molecular complexity index is 2810. The van der Waals surface area contributed by atoms with Crippen LogP contribution in [0.25, 0.3) is 33.3 Å². The van der Waals surface area contributed by atoms with E-state index in [1.54, 1.807) is 54.4 Å². The highest BCUT2D eigenvalue weighted by molar-refractivity contribution is 5.96. The van der Waals surface area contributed by atoms with Gasteiger partial charge in [-0.05, 0) is 124 Å². The number of aldehydes is 1. The maximum Gasteiger partial charge on any atom is 0.406 e. The van der Waals surface area contributed by atoms with Crippen molar-refractivity contribution in [1.82, 2.24) is 35.1 Å². The van der Waals surface area contributed by atoms with Crippen LogP contribution in [0.2, 0.25) is 0 Å². The largest absolute Gasteiger partial charge is 0.406 e. The molecule has 6 bridgehead atoms. The number of fused-ring (bicyclic) bond motifs is 6. The lowest BCUT2D eigenvalue weighted by Crippen LogP contribution is -2.66. The Morgan fingerprint density at radius 1 is 1.05 bits per heavy atom. The molecule has 2 saturated heterocycles. The summed E-state index contributed by atoms with van der Waals surface area (Å²) in [5.74, 6) is 3.16. The number of pyridine rings is 1. The smallest absolute Gasteiger partial charge is 0.378 e. The third-order valence-corrected chi connectivity index (χ3v) is 14.7. The van der Waals surface area contributed by atoms with E-state index in [1.807, 2.05) is 60.5 Å². The maximum atomic E-state index is 15.0. The number of benzene rings is 2. The molecule has 2 fully saturated rings. The minimum absolute atomic E-state index is 0.0349. The fourth-order valence-electron chi connectivity index (χ4n) is 9.80. The van der Waals surface area contributed by atoms with E-state index in [9.17, 15) is 32.3 Å². The number of aromatic nitrogens is 2. The Morgan fingerprint density at radius 2 is 1.79 bits per heavy atom. The summed E-state index contributed by atoms with van der Waals surface area (Å²) in [6.45, 7) is 12.2. The van der Waals surface area contributed by atoms with Crippen LogP contribution >= 0.6 is 0 Å². The van der Waals surface area contributed by atoms with Crippen molar-refractivity contribution in [2.75, 3.05) is 60.7 Å². The number of rotatable bonds is 13. The van der Waals surface area contributed by atoms with Crippen LogP contribution in [0.15, 0.2) is 54.7 Å². The van der Waals surface area contributed by atoms with Gasteiger partial charge in [0.05, 0.1) is 54.9 Å². The van der Waals surface area contributed by atoms with E-state index in [4.69, 9.17) is 14.2 Å². The van der Waals surface area contributed by atoms with Crippen molar-refractivity contribution in [3.8, 4) is 34.2 Å². The van der Waals surface area contributed by atoms with Crippen LogP contribution in [-0.2, 0) is 52.8 Å². The van der Waals surface area contributed by atoms with Crippen molar-refractivity contribution in [3.05, 3.63) is 77.1 Å². The third kappa shape index (κ3) is 13.3. The summed E-state index contributed by atoms with van der Waals surface area (Å²) in [7, 11) is 5.24. The number of nitrogens with one attached hydrogen (secondary N) is 2. The normalized spacial score (nSPS) is 20.6. The van der Waals surface area contributed by atoms with Gasteiger partial charge in [-0.2, -0.15) is 13.2 Å². The molecule has 3 aliphatic heterocycles. The van der Waals surface area contributed by atoms with Crippen molar-refractivity contribution < 1.29 is 55.3 Å². The first-order valence-corrected chi connectivity index (χ1v) is 25.4. The molecule has 3 aliphatic rings. The number of carbonyl (C=O) groups excluding carboxylic acids is 4. The second-order valence-corrected chi connectivity index (χ2v) is 22.1. The molecule has 0 radical (unpaired) electrons. The van der Waals surface area contributed by atoms with Crippen molar-refractivity contribution in [2.45, 2.75) is 123 Å². The number of carbonyl (C=O) groups is 4. The molecule has 2 aromatic carbocycles. The minimum atomic E-state index is -4.66. The Kier molecular flexibility index (Phi) is 17.3. The van der Waals surface area contributed by atoms with Crippen molar-refractivity contribution in [3.63, 3.8) is 0 Å². The van der Waals surface area contributed by atoms with Crippen LogP contribution in [0.1, 0.15) is 96.2 Å². The second-order valence-electron chi connectivity index (χ2n) is 22.1. The average molecular weight is 1050 g/mol. The van der Waals surface area contributed by atoms with E-state index in [1.165, 1.54) is 28.8 Å². The first-order chi connectivity index (χ1) is 35.2. The molecule has 2 aromatic heterocycles. The van der Waals surface area contributed by atoms with Gasteiger partial charge in [0.2, 0.25) is 5.91 Å². The highest BCUT2D eigenvalue weighted by atomic mass is 19.4. The number of halogens is 5. The highest BCUT2D eigenvalue weighted by Crippen LogP contribution is 2.43. The molecular weight excluding hydrogens is 978 g/mol. The van der Waals surface area contributed by atoms with Crippen LogP contribution in [-0.4, -0.2) is 138 Å². The zero-order valence-electron chi connectivity index (χ0n) is 44.5. The topological polar surface area (TPSA) is 148 Å². The Labute approximate surface area is 436 Å². The molecule has 3 amide bonds. The number of alkyl halides is 5. The van der Waals surface area contributed by atoms with E-state index in [0.717, 1.165) is 0 Å². The summed E-state index contributed by atoms with van der Waals surface area (Å²) in [5, 5.41) is 4.65. The number of hydrogen-bond acceptors (Lipinski definition) is 10. The quantitative estimate of drug-likeness (QED) is 0.0765. The number of hydrogen-bond donors (Lipinski definition) is 2. The zero-order chi connectivity index (χ0) is 54.8. The third-order valence-electron chi connectivity index (χ3n) is 14.7. The van der Waals surface area contributed by atoms with Gasteiger partial charge in [0.15, 0.2) is 0 Å². The first-order valence-electron chi connectivity index (χ1n) is 25.4.